The second kappa shape index (κ2) is 17.1. The Morgan fingerprint density at radius 1 is 0.600 bits per heavy atom. The van der Waals surface area contributed by atoms with Crippen molar-refractivity contribution in [2.24, 2.45) is 0 Å². The van der Waals surface area contributed by atoms with Gasteiger partial charge in [-0.2, -0.15) is 0 Å². The first-order valence-electron chi connectivity index (χ1n) is 1.51. The molecular formula is HAlNd2O7. The Labute approximate surface area is 93.6 Å². The van der Waals surface area contributed by atoms with Gasteiger partial charge in [0.25, 0.3) is 0 Å². The minimum absolute atomic E-state index is 0.611. The van der Waals surface area contributed by atoms with Gasteiger partial charge in [-0.3, -0.25) is 0 Å². The molecule has 0 fully saturated rings. The van der Waals surface area contributed by atoms with E-state index in [-0.39, 0.29) is 0 Å². The molecular weight excluding hydrogens is 427 g/mol. The summed E-state index contributed by atoms with van der Waals surface area (Å²) in [6, 6.07) is 0. The first kappa shape index (κ1) is 17.8. The summed E-state index contributed by atoms with van der Waals surface area (Å²) in [5, 5.41) is 0. The SMILES string of the molecule is [O]=[AlH].[O]=[Nd](=[O])=[O].[O]=[Nd](=[O])=[O]. The summed E-state index contributed by atoms with van der Waals surface area (Å²) in [6.45, 7) is 0. The number of rotatable bonds is 0. The zero-order chi connectivity index (χ0) is 9.15. The zero-order valence-corrected chi connectivity index (χ0v) is 12.4. The molecule has 0 heterocycles. The average molecular weight is 428 g/mol. The van der Waals surface area contributed by atoms with E-state index >= 15 is 0 Å². The van der Waals surface area contributed by atoms with E-state index in [1.807, 2.05) is 0 Å². The van der Waals surface area contributed by atoms with Crippen molar-refractivity contribution in [3.8, 4) is 0 Å². The third-order valence-electron chi connectivity index (χ3n) is 0. The van der Waals surface area contributed by atoms with Crippen LogP contribution in [0.5, 0.6) is 0 Å². The summed E-state index contributed by atoms with van der Waals surface area (Å²) in [4.78, 5) is 0. The molecule has 0 unspecified atom stereocenters. The molecule has 0 aliphatic heterocycles. The Morgan fingerprint density at radius 2 is 0.600 bits per heavy atom. The molecule has 54 valence electrons. The quantitative estimate of drug-likeness (QED) is 0.432. The van der Waals surface area contributed by atoms with E-state index in [2.05, 4.69) is 0 Å². The van der Waals surface area contributed by atoms with Crippen molar-refractivity contribution in [1.82, 2.24) is 0 Å². The Balaban J connectivity index is -0.0000000787. The van der Waals surface area contributed by atoms with Gasteiger partial charge in [-0.15, -0.1) is 0 Å². The standard InChI is InChI=1S/Al.2Nd.7O.H. The van der Waals surface area contributed by atoms with Crippen molar-refractivity contribution in [3.05, 3.63) is 0 Å². The fourth-order valence-corrected chi connectivity index (χ4v) is 0. The molecule has 0 amide bonds. The summed E-state index contributed by atoms with van der Waals surface area (Å²) < 4.78 is 60.1. The number of hydrogen-bond donors (Lipinski definition) is 0. The topological polar surface area (TPSA) is 119 Å². The zero-order valence-electron chi connectivity index (χ0n) is 4.56. The van der Waals surface area contributed by atoms with Gasteiger partial charge < -0.3 is 0 Å². The summed E-state index contributed by atoms with van der Waals surface area (Å²) in [5.74, 6) is 0. The number of hydrogen-bond acceptors (Lipinski definition) is 7. The van der Waals surface area contributed by atoms with Crippen LogP contribution in [-0.4, -0.2) is 16.2 Å². The molecule has 0 saturated carbocycles. The molecule has 0 spiro atoms. The normalized spacial score (nSPS) is 3.30. The van der Waals surface area contributed by atoms with Crippen molar-refractivity contribution in [2.45, 2.75) is 0 Å². The van der Waals surface area contributed by atoms with Gasteiger partial charge in [0.15, 0.2) is 0 Å². The molecule has 0 bridgehead atoms. The molecule has 0 rings (SSSR count). The van der Waals surface area contributed by atoms with E-state index in [9.17, 15) is 0 Å². The second-order valence-corrected chi connectivity index (χ2v) is 3.71. The van der Waals surface area contributed by atoms with Gasteiger partial charge in [0.05, 0.1) is 0 Å². The van der Waals surface area contributed by atoms with Crippen LogP contribution in [0.2, 0.25) is 0 Å². The van der Waals surface area contributed by atoms with Gasteiger partial charge in [0.1, 0.15) is 0 Å². The first-order chi connectivity index (χ1) is 4.46. The van der Waals surface area contributed by atoms with Gasteiger partial charge >= 0.3 is 96.3 Å². The van der Waals surface area contributed by atoms with Gasteiger partial charge in [-0.25, -0.2) is 0 Å². The van der Waals surface area contributed by atoms with Crippen LogP contribution in [0.15, 0.2) is 0 Å². The summed E-state index contributed by atoms with van der Waals surface area (Å²) >= 11 is -8.20. The summed E-state index contributed by atoms with van der Waals surface area (Å²) in [6.07, 6.45) is 0. The molecule has 10 heavy (non-hydrogen) atoms. The molecule has 0 aromatic carbocycles. The van der Waals surface area contributed by atoms with Crippen molar-refractivity contribution in [3.63, 3.8) is 0 Å². The maximum absolute atomic E-state index is 8.63. The predicted octanol–water partition coefficient (Wildman–Crippen LogP) is -1.48. The van der Waals surface area contributed by atoms with E-state index in [4.69, 9.17) is 10.1 Å². The average Bonchev–Trinajstić information content (AvgIpc) is 1.66. The molecule has 0 aromatic heterocycles. The summed E-state index contributed by atoms with van der Waals surface area (Å²) in [5.41, 5.74) is 0. The van der Waals surface area contributed by atoms with Crippen LogP contribution in [-0.2, 0) is 10.1 Å². The van der Waals surface area contributed by atoms with E-state index in [0.29, 0.717) is 16.2 Å². The van der Waals surface area contributed by atoms with Crippen molar-refractivity contribution < 1.29 is 80.1 Å². The third kappa shape index (κ3) is 228. The Bertz CT molecular complexity index is 193. The van der Waals surface area contributed by atoms with Gasteiger partial charge in [-0.05, 0) is 0 Å². The van der Waals surface area contributed by atoms with Gasteiger partial charge in [0, 0.05) is 0 Å². The van der Waals surface area contributed by atoms with Crippen LogP contribution in [0.3, 0.4) is 0 Å². The Hall–Kier alpha value is 1.83. The van der Waals surface area contributed by atoms with Gasteiger partial charge in [-0.1, -0.05) is 0 Å². The van der Waals surface area contributed by atoms with Crippen LogP contribution < -0.4 is 0 Å². The van der Waals surface area contributed by atoms with Crippen LogP contribution in [0, 0.1) is 70.0 Å². The van der Waals surface area contributed by atoms with Crippen LogP contribution >= 0.6 is 0 Å². The van der Waals surface area contributed by atoms with Crippen molar-refractivity contribution in [2.75, 3.05) is 0 Å². The maximum atomic E-state index is 8.63. The van der Waals surface area contributed by atoms with Gasteiger partial charge in [0.2, 0.25) is 0 Å². The fourth-order valence-electron chi connectivity index (χ4n) is 0. The van der Waals surface area contributed by atoms with Crippen molar-refractivity contribution in [1.29, 1.82) is 0 Å². The molecule has 10 heteroatoms. The van der Waals surface area contributed by atoms with Crippen LogP contribution in [0.4, 0.5) is 0 Å². The minimum atomic E-state index is -4.41. The Kier molecular flexibility index (Phi) is 30.4. The van der Waals surface area contributed by atoms with E-state index in [1.165, 1.54) is 0 Å². The second-order valence-electron chi connectivity index (χ2n) is 0.500. The first-order valence-corrected chi connectivity index (χ1v) is 9.95. The fraction of sp³-hybridized carbons (Fsp3) is 0. The molecule has 0 aromatic rings. The third-order valence-corrected chi connectivity index (χ3v) is 0. The van der Waals surface area contributed by atoms with Crippen LogP contribution in [0.1, 0.15) is 0 Å². The molecule has 0 aliphatic rings. The van der Waals surface area contributed by atoms with E-state index in [0.717, 1.165) is 0 Å². The Morgan fingerprint density at radius 3 is 0.600 bits per heavy atom. The van der Waals surface area contributed by atoms with Crippen LogP contribution in [0.25, 0.3) is 0 Å². The molecule has 0 atom stereocenters. The van der Waals surface area contributed by atoms with E-state index < -0.39 is 70.0 Å². The summed E-state index contributed by atoms with van der Waals surface area (Å²) in [7, 11) is 0. The predicted molar refractivity (Wildman–Crippen MR) is 12.0 cm³/mol. The molecule has 7 nitrogen and oxygen atoms in total. The van der Waals surface area contributed by atoms with Crippen molar-refractivity contribution >= 4 is 16.2 Å². The van der Waals surface area contributed by atoms with E-state index in [1.54, 1.807) is 0 Å². The molecule has 0 saturated heterocycles. The monoisotopic (exact) mass is 424 g/mol. The molecule has 0 aliphatic carbocycles. The molecule has 0 N–H and O–H groups in total. The molecule has 0 radical (unpaired) electrons.